The molecule has 0 saturated carbocycles. The van der Waals surface area contributed by atoms with Crippen molar-refractivity contribution in [3.8, 4) is 39.1 Å². The third kappa shape index (κ3) is 4.20. The summed E-state index contributed by atoms with van der Waals surface area (Å²) in [6.07, 6.45) is 0. The Bertz CT molecular complexity index is 3350. The first kappa shape index (κ1) is 30.5. The molecule has 1 aliphatic rings. The highest BCUT2D eigenvalue weighted by Crippen LogP contribution is 2.54. The van der Waals surface area contributed by atoms with Crippen LogP contribution in [0.5, 0.6) is 0 Å². The Hall–Kier alpha value is -6.00. The Balaban J connectivity index is 1.08. The van der Waals surface area contributed by atoms with Gasteiger partial charge in [0.2, 0.25) is 0 Å². The number of fused-ring (bicyclic) bond motifs is 13. The molecule has 0 amide bonds. The minimum absolute atomic E-state index is 0.123. The molecule has 254 valence electrons. The van der Waals surface area contributed by atoms with Gasteiger partial charge in [0.15, 0.2) is 0 Å². The van der Waals surface area contributed by atoms with Crippen molar-refractivity contribution < 1.29 is 0 Å². The fourth-order valence-corrected chi connectivity index (χ4v) is 11.7. The normalized spacial score (nSPS) is 13.5. The number of hydrogen-bond donors (Lipinski definition) is 0. The molecule has 3 heterocycles. The molecule has 12 rings (SSSR count). The van der Waals surface area contributed by atoms with Crippen molar-refractivity contribution in [3.05, 3.63) is 175 Å². The predicted octanol–water partition coefficient (Wildman–Crippen LogP) is 15.2. The minimum Gasteiger partial charge on any atom is -0.309 e. The molecule has 0 saturated heterocycles. The molecule has 0 spiro atoms. The molecule has 3 heteroatoms. The van der Waals surface area contributed by atoms with Gasteiger partial charge >= 0.3 is 0 Å². The first-order valence-corrected chi connectivity index (χ1v) is 20.3. The van der Waals surface area contributed by atoms with Gasteiger partial charge in [0.1, 0.15) is 0 Å². The molecule has 1 aliphatic carbocycles. The van der Waals surface area contributed by atoms with Crippen LogP contribution in [0.25, 0.3) is 101 Å². The summed E-state index contributed by atoms with van der Waals surface area (Å²) < 4.78 is 7.92. The summed E-state index contributed by atoms with van der Waals surface area (Å²) in [6, 6.07) is 61.4. The number of nitrogens with zero attached hydrogens (tertiary/aromatic N) is 1. The Morgan fingerprint density at radius 1 is 0.407 bits per heavy atom. The molecule has 3 aromatic heterocycles. The van der Waals surface area contributed by atoms with Gasteiger partial charge < -0.3 is 4.57 Å². The number of rotatable bonds is 3. The van der Waals surface area contributed by atoms with E-state index in [1.54, 1.807) is 0 Å². The predicted molar refractivity (Wildman–Crippen MR) is 235 cm³/mol. The maximum Gasteiger partial charge on any atom is 0.0541 e. The maximum atomic E-state index is 2.49. The summed E-state index contributed by atoms with van der Waals surface area (Å²) in [5, 5.41) is 7.92. The minimum atomic E-state index is -0.123. The van der Waals surface area contributed by atoms with Gasteiger partial charge in [0, 0.05) is 67.8 Å². The monoisotopic (exact) mass is 723 g/mol. The zero-order valence-corrected chi connectivity index (χ0v) is 31.5. The Morgan fingerprint density at radius 3 is 1.74 bits per heavy atom. The molecule has 54 heavy (non-hydrogen) atoms. The largest absolute Gasteiger partial charge is 0.309 e. The van der Waals surface area contributed by atoms with Gasteiger partial charge in [-0.1, -0.05) is 117 Å². The van der Waals surface area contributed by atoms with E-state index in [9.17, 15) is 0 Å². The Labute approximate surface area is 321 Å². The van der Waals surface area contributed by atoms with E-state index in [1.165, 1.54) is 112 Å². The van der Waals surface area contributed by atoms with Gasteiger partial charge in [-0.2, -0.15) is 0 Å². The smallest absolute Gasteiger partial charge is 0.0541 e. The molecule has 11 aromatic rings. The van der Waals surface area contributed by atoms with E-state index in [0.29, 0.717) is 0 Å². The molecular weight excluding hydrogens is 691 g/mol. The van der Waals surface area contributed by atoms with E-state index >= 15 is 0 Å². The third-order valence-corrected chi connectivity index (χ3v) is 14.4. The number of hydrogen-bond acceptors (Lipinski definition) is 2. The number of aromatic nitrogens is 1. The van der Waals surface area contributed by atoms with Gasteiger partial charge in [-0.3, -0.25) is 0 Å². The topological polar surface area (TPSA) is 4.93 Å². The highest BCUT2D eigenvalue weighted by Gasteiger charge is 2.37. The first-order chi connectivity index (χ1) is 26.5. The van der Waals surface area contributed by atoms with Crippen LogP contribution in [-0.2, 0) is 5.41 Å². The average Bonchev–Trinajstić information content (AvgIpc) is 3.94. The lowest BCUT2D eigenvalue weighted by atomic mass is 9.82. The second-order valence-corrected chi connectivity index (χ2v) is 17.4. The van der Waals surface area contributed by atoms with E-state index in [2.05, 4.69) is 182 Å². The van der Waals surface area contributed by atoms with Gasteiger partial charge in [-0.05, 0) is 99.6 Å². The molecule has 0 N–H and O–H groups in total. The van der Waals surface area contributed by atoms with Crippen LogP contribution in [0.3, 0.4) is 0 Å². The van der Waals surface area contributed by atoms with Crippen molar-refractivity contribution in [1.82, 2.24) is 4.57 Å². The lowest BCUT2D eigenvalue weighted by Gasteiger charge is -2.22. The van der Waals surface area contributed by atoms with Gasteiger partial charge in [0.05, 0.1) is 11.0 Å². The third-order valence-electron chi connectivity index (χ3n) is 12.0. The fourth-order valence-electron chi connectivity index (χ4n) is 9.33. The van der Waals surface area contributed by atoms with E-state index in [1.807, 2.05) is 22.7 Å². The summed E-state index contributed by atoms with van der Waals surface area (Å²) in [7, 11) is 0. The van der Waals surface area contributed by atoms with Crippen LogP contribution >= 0.6 is 22.7 Å². The summed E-state index contributed by atoms with van der Waals surface area (Å²) in [5.41, 5.74) is 14.1. The molecule has 0 unspecified atom stereocenters. The lowest BCUT2D eigenvalue weighted by Crippen LogP contribution is -2.15. The van der Waals surface area contributed by atoms with Gasteiger partial charge in [-0.15, -0.1) is 22.7 Å². The summed E-state index contributed by atoms with van der Waals surface area (Å²) in [6.45, 7) is 4.80. The van der Waals surface area contributed by atoms with Crippen LogP contribution in [0, 0.1) is 0 Å². The number of thiophene rings is 2. The standard InChI is InChI=1S/C51H33NS2/c1-51(2)42-22-21-37-35-12-6-9-15-47(35)54-50(37)49(42)38-20-19-34(29-43(38)51)52-44-23-16-31(30-10-4-3-5-11-30)26-39(44)40-27-32(17-24-45(40)52)33-18-25-48-41(28-33)36-13-7-8-14-46(36)53-48/h3-29H,1-2H3. The van der Waals surface area contributed by atoms with E-state index in [-0.39, 0.29) is 5.41 Å². The van der Waals surface area contributed by atoms with Crippen molar-refractivity contribution in [1.29, 1.82) is 0 Å². The van der Waals surface area contributed by atoms with Crippen LogP contribution in [0.1, 0.15) is 25.0 Å². The first-order valence-electron chi connectivity index (χ1n) is 18.7. The van der Waals surface area contributed by atoms with Crippen molar-refractivity contribution >= 4 is 84.8 Å². The summed E-state index contributed by atoms with van der Waals surface area (Å²) in [5.74, 6) is 0. The quantitative estimate of drug-likeness (QED) is 0.171. The maximum absolute atomic E-state index is 2.49. The van der Waals surface area contributed by atoms with Gasteiger partial charge in [-0.25, -0.2) is 0 Å². The fraction of sp³-hybridized carbons (Fsp3) is 0.0588. The van der Waals surface area contributed by atoms with Crippen molar-refractivity contribution in [2.24, 2.45) is 0 Å². The molecule has 0 bridgehead atoms. The van der Waals surface area contributed by atoms with Crippen LogP contribution in [-0.4, -0.2) is 4.57 Å². The molecule has 0 radical (unpaired) electrons. The Morgan fingerprint density at radius 2 is 1.00 bits per heavy atom. The lowest BCUT2D eigenvalue weighted by molar-refractivity contribution is 0.660. The van der Waals surface area contributed by atoms with Crippen molar-refractivity contribution in [3.63, 3.8) is 0 Å². The highest BCUT2D eigenvalue weighted by atomic mass is 32.1. The zero-order valence-electron chi connectivity index (χ0n) is 29.9. The molecule has 0 aliphatic heterocycles. The second kappa shape index (κ2) is 11.0. The van der Waals surface area contributed by atoms with E-state index in [4.69, 9.17) is 0 Å². The van der Waals surface area contributed by atoms with Crippen molar-refractivity contribution in [2.75, 3.05) is 0 Å². The highest BCUT2D eigenvalue weighted by molar-refractivity contribution is 7.26. The molecular formula is C51H33NS2. The second-order valence-electron chi connectivity index (χ2n) is 15.3. The summed E-state index contributed by atoms with van der Waals surface area (Å²) in [4.78, 5) is 0. The zero-order chi connectivity index (χ0) is 35.7. The Kier molecular flexibility index (Phi) is 6.22. The van der Waals surface area contributed by atoms with Gasteiger partial charge in [0.25, 0.3) is 0 Å². The molecule has 0 atom stereocenters. The van der Waals surface area contributed by atoms with E-state index < -0.39 is 0 Å². The van der Waals surface area contributed by atoms with Crippen LogP contribution in [0.15, 0.2) is 164 Å². The van der Waals surface area contributed by atoms with Crippen LogP contribution < -0.4 is 0 Å². The number of benzene rings is 8. The SMILES string of the molecule is CC1(C)c2cc(-n3c4ccc(-c5ccccc5)cc4c4cc(-c5ccc6sc7ccccc7c6c5)ccc43)ccc2-c2c1ccc1c2sc2ccccc21. The van der Waals surface area contributed by atoms with E-state index in [0.717, 1.165) is 0 Å². The van der Waals surface area contributed by atoms with Crippen LogP contribution in [0.4, 0.5) is 0 Å². The average molecular weight is 724 g/mol. The summed E-state index contributed by atoms with van der Waals surface area (Å²) >= 11 is 3.81. The molecule has 0 fully saturated rings. The molecule has 8 aromatic carbocycles. The molecule has 1 nitrogen and oxygen atoms in total. The van der Waals surface area contributed by atoms with Crippen LogP contribution in [0.2, 0.25) is 0 Å². The van der Waals surface area contributed by atoms with Crippen molar-refractivity contribution in [2.45, 2.75) is 19.3 Å².